The van der Waals surface area contributed by atoms with Crippen LogP contribution in [0.25, 0.3) is 21.0 Å². The van der Waals surface area contributed by atoms with Crippen molar-refractivity contribution in [1.82, 2.24) is 20.1 Å². The highest BCUT2D eigenvalue weighted by atomic mass is 32.3. The summed E-state index contributed by atoms with van der Waals surface area (Å²) in [7, 11) is -4.67. The second-order valence-electron chi connectivity index (χ2n) is 10.6. The van der Waals surface area contributed by atoms with Gasteiger partial charge < -0.3 is 29.9 Å². The summed E-state index contributed by atoms with van der Waals surface area (Å²) < 4.78 is 38.3. The van der Waals surface area contributed by atoms with Crippen LogP contribution in [-0.4, -0.2) is 102 Å². The first-order valence-electron chi connectivity index (χ1n) is 15.3. The summed E-state index contributed by atoms with van der Waals surface area (Å²) in [6.45, 7) is 10.7. The fraction of sp³-hybridized carbons (Fsp3) is 0.438. The Hall–Kier alpha value is -3.37. The van der Waals surface area contributed by atoms with E-state index in [1.807, 2.05) is 11.0 Å². The molecule has 3 aromatic carbocycles. The highest BCUT2D eigenvalue weighted by Gasteiger charge is 2.15. The molecule has 0 atom stereocenters. The topological polar surface area (TPSA) is 172 Å². The Balaban J connectivity index is 0.00000107. The molecule has 0 spiro atoms. The number of nitrogens with one attached hydrogen (secondary N) is 2. The highest BCUT2D eigenvalue weighted by molar-refractivity contribution is 7.79. The Morgan fingerprint density at radius 1 is 0.913 bits per heavy atom. The summed E-state index contributed by atoms with van der Waals surface area (Å²) in [6.07, 6.45) is 1.91. The monoisotopic (exact) mass is 676 g/mol. The lowest BCUT2D eigenvalue weighted by Gasteiger charge is -2.27. The molecule has 0 radical (unpaired) electrons. The minimum absolute atomic E-state index is 0.0926. The predicted molar refractivity (Wildman–Crippen MR) is 182 cm³/mol. The Labute approximate surface area is 273 Å². The summed E-state index contributed by atoms with van der Waals surface area (Å²) in [5, 5.41) is 15.9. The number of carbonyl (C=O) groups is 1. The first-order chi connectivity index (χ1) is 22.0. The highest BCUT2D eigenvalue weighted by Crippen LogP contribution is 2.27. The molecule has 0 saturated carbocycles. The Kier molecular flexibility index (Phi) is 15.1. The van der Waals surface area contributed by atoms with E-state index < -0.39 is 10.4 Å². The number of amides is 1. The Bertz CT molecular complexity index is 1690. The third-order valence-corrected chi connectivity index (χ3v) is 8.52. The molecule has 1 heterocycles. The first kappa shape index (κ1) is 37.1. The smallest absolute Gasteiger partial charge is 0.394 e. The first-order valence-corrected chi connectivity index (χ1v) is 17.5. The van der Waals surface area contributed by atoms with Crippen molar-refractivity contribution < 1.29 is 32.2 Å². The van der Waals surface area contributed by atoms with E-state index in [1.54, 1.807) is 6.07 Å². The van der Waals surface area contributed by atoms with Crippen molar-refractivity contribution >= 4 is 48.6 Å². The van der Waals surface area contributed by atoms with Crippen LogP contribution in [0.3, 0.4) is 0 Å². The van der Waals surface area contributed by atoms with Crippen LogP contribution >= 0.6 is 11.3 Å². The van der Waals surface area contributed by atoms with E-state index in [-0.39, 0.29) is 16.5 Å². The number of rotatable bonds is 17. The maximum absolute atomic E-state index is 13.2. The molecular weight excluding hydrogens is 633 g/mol. The van der Waals surface area contributed by atoms with Crippen molar-refractivity contribution in [3.05, 3.63) is 75.4 Å². The van der Waals surface area contributed by atoms with Gasteiger partial charge in [0, 0.05) is 26.2 Å². The lowest BCUT2D eigenvalue weighted by Crippen LogP contribution is -2.42. The van der Waals surface area contributed by atoms with Crippen molar-refractivity contribution in [2.24, 2.45) is 0 Å². The molecule has 0 aliphatic rings. The molecule has 4 rings (SSSR count). The van der Waals surface area contributed by atoms with Crippen molar-refractivity contribution in [3.8, 4) is 5.75 Å². The number of hydrogen-bond donors (Lipinski definition) is 5. The minimum Gasteiger partial charge on any atom is -0.506 e. The molecular formula is C32H44N4O8S2. The van der Waals surface area contributed by atoms with Gasteiger partial charge in [-0.25, -0.2) is 0 Å². The molecule has 0 fully saturated rings. The van der Waals surface area contributed by atoms with Crippen LogP contribution in [0.5, 0.6) is 5.75 Å². The van der Waals surface area contributed by atoms with Crippen LogP contribution in [0.2, 0.25) is 0 Å². The van der Waals surface area contributed by atoms with Gasteiger partial charge in [0.2, 0.25) is 5.91 Å². The van der Waals surface area contributed by atoms with Gasteiger partial charge in [0.05, 0.1) is 24.3 Å². The fourth-order valence-corrected chi connectivity index (χ4v) is 6.00. The SMILES string of the molecule is CCN(CC)CCN(CCNCCc1ccc(O)c2[nH]c(=O)sc12)C(=O)CCOCCc1cccc2ccccc12.O=S(=O)(O)O. The largest absolute Gasteiger partial charge is 0.506 e. The number of likely N-dealkylation sites (N-methyl/N-ethyl adjacent to an activating group) is 1. The fourth-order valence-electron chi connectivity index (χ4n) is 5.11. The molecule has 0 saturated heterocycles. The summed E-state index contributed by atoms with van der Waals surface area (Å²) >= 11 is 1.12. The van der Waals surface area contributed by atoms with E-state index in [0.717, 1.165) is 54.1 Å². The zero-order valence-electron chi connectivity index (χ0n) is 26.3. The molecule has 0 aliphatic carbocycles. The van der Waals surface area contributed by atoms with Gasteiger partial charge in [-0.05, 0) is 60.4 Å². The van der Waals surface area contributed by atoms with E-state index in [1.165, 1.54) is 16.3 Å². The molecule has 14 heteroatoms. The van der Waals surface area contributed by atoms with Crippen LogP contribution in [0.15, 0.2) is 59.4 Å². The minimum atomic E-state index is -4.67. The number of aromatic nitrogens is 1. The van der Waals surface area contributed by atoms with Gasteiger partial charge in [-0.15, -0.1) is 0 Å². The lowest BCUT2D eigenvalue weighted by molar-refractivity contribution is -0.132. The summed E-state index contributed by atoms with van der Waals surface area (Å²) in [5.74, 6) is 0.205. The maximum atomic E-state index is 13.2. The van der Waals surface area contributed by atoms with E-state index >= 15 is 0 Å². The number of phenols is 1. The molecule has 46 heavy (non-hydrogen) atoms. The molecule has 252 valence electrons. The van der Waals surface area contributed by atoms with Crippen molar-refractivity contribution in [1.29, 1.82) is 0 Å². The molecule has 5 N–H and O–H groups in total. The quantitative estimate of drug-likeness (QED) is 0.0819. The standard InChI is InChI=1S/C32H42N4O4S.H2O4S/c1-3-35(4-2)20-21-36(19-18-33-17-14-26-12-13-28(37)30-31(26)41-32(39)34-30)29(38)16-23-40-22-15-25-10-7-9-24-8-5-6-11-27(24)25;1-5(2,3)4/h5-13,33,37H,3-4,14-23H2,1-2H3,(H,34,39);(H2,1,2,3,4). The van der Waals surface area contributed by atoms with E-state index in [4.69, 9.17) is 22.3 Å². The molecule has 0 unspecified atom stereocenters. The maximum Gasteiger partial charge on any atom is 0.394 e. The lowest BCUT2D eigenvalue weighted by atomic mass is 10.0. The zero-order chi connectivity index (χ0) is 33.5. The van der Waals surface area contributed by atoms with Crippen LogP contribution in [0.4, 0.5) is 0 Å². The van der Waals surface area contributed by atoms with Crippen LogP contribution in [-0.2, 0) is 32.8 Å². The zero-order valence-corrected chi connectivity index (χ0v) is 27.9. The van der Waals surface area contributed by atoms with E-state index in [2.05, 4.69) is 71.5 Å². The molecule has 4 aromatic rings. The van der Waals surface area contributed by atoms with Gasteiger partial charge in [0.1, 0.15) is 11.3 Å². The third-order valence-electron chi connectivity index (χ3n) is 7.56. The number of aromatic amines is 1. The van der Waals surface area contributed by atoms with Crippen LogP contribution in [0, 0.1) is 0 Å². The van der Waals surface area contributed by atoms with Crippen molar-refractivity contribution in [2.75, 3.05) is 59.0 Å². The van der Waals surface area contributed by atoms with Crippen molar-refractivity contribution in [2.45, 2.75) is 33.1 Å². The molecule has 0 aliphatic heterocycles. The number of H-pyrrole nitrogens is 1. The number of carbonyl (C=O) groups excluding carboxylic acids is 1. The normalized spacial score (nSPS) is 11.6. The average molecular weight is 677 g/mol. The van der Waals surface area contributed by atoms with Gasteiger partial charge in [-0.1, -0.05) is 73.7 Å². The predicted octanol–water partition coefficient (Wildman–Crippen LogP) is 3.75. The van der Waals surface area contributed by atoms with Gasteiger partial charge in [-0.2, -0.15) is 8.42 Å². The Morgan fingerprint density at radius 3 is 2.37 bits per heavy atom. The number of ether oxygens (including phenoxy) is 1. The second-order valence-corrected chi connectivity index (χ2v) is 12.4. The van der Waals surface area contributed by atoms with Gasteiger partial charge >= 0.3 is 15.3 Å². The molecule has 1 amide bonds. The Morgan fingerprint density at radius 2 is 1.63 bits per heavy atom. The molecule has 12 nitrogen and oxygen atoms in total. The number of fused-ring (bicyclic) bond motifs is 2. The number of nitrogens with zero attached hydrogens (tertiary/aromatic N) is 2. The van der Waals surface area contributed by atoms with E-state index in [9.17, 15) is 14.7 Å². The molecule has 0 bridgehead atoms. The van der Waals surface area contributed by atoms with Gasteiger partial charge in [0.15, 0.2) is 0 Å². The van der Waals surface area contributed by atoms with Crippen LogP contribution in [0.1, 0.15) is 31.4 Å². The second kappa shape index (κ2) is 18.7. The van der Waals surface area contributed by atoms with Crippen LogP contribution < -0.4 is 10.2 Å². The summed E-state index contributed by atoms with van der Waals surface area (Å²) in [4.78, 5) is 31.7. The molecule has 1 aromatic heterocycles. The van der Waals surface area contributed by atoms with Gasteiger partial charge in [0.25, 0.3) is 0 Å². The number of aromatic hydroxyl groups is 1. The number of hydrogen-bond acceptors (Lipinski definition) is 9. The number of phenolic OH excluding ortho intramolecular Hbond substituents is 1. The van der Waals surface area contributed by atoms with Gasteiger partial charge in [-0.3, -0.25) is 18.7 Å². The number of benzene rings is 3. The third kappa shape index (κ3) is 12.4. The number of thiazole rings is 1. The average Bonchev–Trinajstić information content (AvgIpc) is 3.42. The summed E-state index contributed by atoms with van der Waals surface area (Å²) in [5.41, 5.74) is 2.79. The van der Waals surface area contributed by atoms with E-state index in [0.29, 0.717) is 51.3 Å². The summed E-state index contributed by atoms with van der Waals surface area (Å²) in [6, 6.07) is 18.2. The van der Waals surface area contributed by atoms with Crippen molar-refractivity contribution in [3.63, 3.8) is 0 Å².